The summed E-state index contributed by atoms with van der Waals surface area (Å²) >= 11 is 0. The highest BCUT2D eigenvalue weighted by Crippen LogP contribution is 2.33. The Morgan fingerprint density at radius 1 is 1.33 bits per heavy atom. The summed E-state index contributed by atoms with van der Waals surface area (Å²) in [6.45, 7) is 4.03. The van der Waals surface area contributed by atoms with Gasteiger partial charge in [-0.2, -0.15) is 0 Å². The SMILES string of the molecule is CN[C@@H]1CCN(c2ncnc3c2oc2ccc(C)cc23)C1. The highest BCUT2D eigenvalue weighted by Gasteiger charge is 2.25. The van der Waals surface area contributed by atoms with Crippen LogP contribution in [0, 0.1) is 6.92 Å². The molecule has 1 aromatic carbocycles. The number of aromatic nitrogens is 2. The average molecular weight is 282 g/mol. The van der Waals surface area contributed by atoms with Crippen molar-refractivity contribution in [3.8, 4) is 0 Å². The number of nitrogens with one attached hydrogen (secondary N) is 1. The molecule has 0 aliphatic carbocycles. The van der Waals surface area contributed by atoms with Crippen molar-refractivity contribution in [1.82, 2.24) is 15.3 Å². The lowest BCUT2D eigenvalue weighted by molar-refractivity contribution is 0.615. The Labute approximate surface area is 123 Å². The van der Waals surface area contributed by atoms with Crippen LogP contribution < -0.4 is 10.2 Å². The number of rotatable bonds is 2. The molecule has 1 N–H and O–H groups in total. The van der Waals surface area contributed by atoms with Crippen molar-refractivity contribution < 1.29 is 4.42 Å². The van der Waals surface area contributed by atoms with Gasteiger partial charge in [-0.05, 0) is 32.5 Å². The topological polar surface area (TPSA) is 54.2 Å². The number of hydrogen-bond acceptors (Lipinski definition) is 5. The Morgan fingerprint density at radius 2 is 2.24 bits per heavy atom. The lowest BCUT2D eigenvalue weighted by atomic mass is 10.2. The fourth-order valence-electron chi connectivity index (χ4n) is 3.09. The minimum atomic E-state index is 0.515. The van der Waals surface area contributed by atoms with Crippen LogP contribution in [-0.2, 0) is 0 Å². The molecule has 0 amide bonds. The molecule has 3 aromatic rings. The minimum absolute atomic E-state index is 0.515. The first kappa shape index (κ1) is 12.6. The Bertz CT molecular complexity index is 810. The lowest BCUT2D eigenvalue weighted by Crippen LogP contribution is -2.29. The number of furan rings is 1. The summed E-state index contributed by atoms with van der Waals surface area (Å²) in [7, 11) is 2.01. The van der Waals surface area contributed by atoms with Gasteiger partial charge in [-0.3, -0.25) is 0 Å². The van der Waals surface area contributed by atoms with Crippen LogP contribution in [0.2, 0.25) is 0 Å². The quantitative estimate of drug-likeness (QED) is 0.782. The number of likely N-dealkylation sites (N-methyl/N-ethyl adjacent to an activating group) is 1. The fraction of sp³-hybridized carbons (Fsp3) is 0.375. The van der Waals surface area contributed by atoms with Crippen molar-refractivity contribution >= 4 is 27.9 Å². The summed E-state index contributed by atoms with van der Waals surface area (Å²) in [6.07, 6.45) is 2.77. The largest absolute Gasteiger partial charge is 0.450 e. The number of fused-ring (bicyclic) bond motifs is 3. The van der Waals surface area contributed by atoms with Gasteiger partial charge in [0.2, 0.25) is 0 Å². The summed E-state index contributed by atoms with van der Waals surface area (Å²) in [5, 5.41) is 4.40. The van der Waals surface area contributed by atoms with Crippen molar-refractivity contribution in [3.63, 3.8) is 0 Å². The van der Waals surface area contributed by atoms with Crippen LogP contribution in [0.3, 0.4) is 0 Å². The van der Waals surface area contributed by atoms with Gasteiger partial charge >= 0.3 is 0 Å². The smallest absolute Gasteiger partial charge is 0.196 e. The maximum Gasteiger partial charge on any atom is 0.196 e. The van der Waals surface area contributed by atoms with Crippen LogP contribution in [-0.4, -0.2) is 36.1 Å². The molecule has 0 bridgehead atoms. The second-order valence-corrected chi connectivity index (χ2v) is 5.70. The molecule has 1 saturated heterocycles. The molecule has 5 nitrogen and oxygen atoms in total. The molecule has 108 valence electrons. The summed E-state index contributed by atoms with van der Waals surface area (Å²) in [5.74, 6) is 0.909. The number of anilines is 1. The van der Waals surface area contributed by atoms with E-state index in [9.17, 15) is 0 Å². The van der Waals surface area contributed by atoms with Gasteiger partial charge in [0.1, 0.15) is 17.4 Å². The molecule has 2 aromatic heterocycles. The van der Waals surface area contributed by atoms with Gasteiger partial charge in [-0.25, -0.2) is 9.97 Å². The number of hydrogen-bond donors (Lipinski definition) is 1. The Morgan fingerprint density at radius 3 is 3.05 bits per heavy atom. The van der Waals surface area contributed by atoms with Crippen LogP contribution in [0.5, 0.6) is 0 Å². The zero-order chi connectivity index (χ0) is 14.4. The molecule has 21 heavy (non-hydrogen) atoms. The van der Waals surface area contributed by atoms with Crippen molar-refractivity contribution in [3.05, 3.63) is 30.1 Å². The summed E-state index contributed by atoms with van der Waals surface area (Å²) in [4.78, 5) is 11.2. The molecule has 0 saturated carbocycles. The third-order valence-corrected chi connectivity index (χ3v) is 4.28. The summed E-state index contributed by atoms with van der Waals surface area (Å²) in [5.41, 5.74) is 3.80. The fourth-order valence-corrected chi connectivity index (χ4v) is 3.09. The van der Waals surface area contributed by atoms with Gasteiger partial charge in [-0.1, -0.05) is 11.6 Å². The van der Waals surface area contributed by atoms with Crippen LogP contribution in [0.1, 0.15) is 12.0 Å². The molecule has 1 fully saturated rings. The minimum Gasteiger partial charge on any atom is -0.450 e. The van der Waals surface area contributed by atoms with Crippen molar-refractivity contribution in [2.24, 2.45) is 0 Å². The van der Waals surface area contributed by atoms with Gasteiger partial charge in [0.25, 0.3) is 0 Å². The van der Waals surface area contributed by atoms with Crippen LogP contribution in [0.25, 0.3) is 22.1 Å². The molecule has 4 rings (SSSR count). The Kier molecular flexibility index (Phi) is 2.82. The molecule has 1 atom stereocenters. The van der Waals surface area contributed by atoms with Gasteiger partial charge in [0.15, 0.2) is 11.4 Å². The van der Waals surface area contributed by atoms with E-state index >= 15 is 0 Å². The monoisotopic (exact) mass is 282 g/mol. The van der Waals surface area contributed by atoms with Gasteiger partial charge in [0, 0.05) is 24.5 Å². The van der Waals surface area contributed by atoms with E-state index < -0.39 is 0 Å². The summed E-state index contributed by atoms with van der Waals surface area (Å²) < 4.78 is 6.03. The average Bonchev–Trinajstić information content (AvgIpc) is 3.11. The van der Waals surface area contributed by atoms with Crippen molar-refractivity contribution in [2.75, 3.05) is 25.0 Å². The van der Waals surface area contributed by atoms with E-state index in [1.54, 1.807) is 6.33 Å². The molecule has 1 aliphatic rings. The Hall–Kier alpha value is -2.14. The first-order valence-corrected chi connectivity index (χ1v) is 7.32. The van der Waals surface area contributed by atoms with Gasteiger partial charge < -0.3 is 14.6 Å². The van der Waals surface area contributed by atoms with E-state index in [2.05, 4.69) is 39.2 Å². The van der Waals surface area contributed by atoms with E-state index in [0.717, 1.165) is 47.4 Å². The molecule has 0 spiro atoms. The predicted octanol–water partition coefficient (Wildman–Crippen LogP) is 2.48. The maximum atomic E-state index is 6.03. The molecule has 0 unspecified atom stereocenters. The standard InChI is InChI=1S/C16H18N4O/c1-10-3-4-13-12(7-10)14-15(21-13)16(19-9-18-14)20-6-5-11(8-20)17-2/h3-4,7,9,11,17H,5-6,8H2,1-2H3/t11-/m1/s1. The zero-order valence-corrected chi connectivity index (χ0v) is 12.3. The van der Waals surface area contributed by atoms with E-state index in [4.69, 9.17) is 4.42 Å². The highest BCUT2D eigenvalue weighted by molar-refractivity contribution is 6.05. The number of nitrogens with zero attached hydrogens (tertiary/aromatic N) is 3. The molecule has 3 heterocycles. The van der Waals surface area contributed by atoms with E-state index in [1.807, 2.05) is 13.1 Å². The van der Waals surface area contributed by atoms with E-state index in [1.165, 1.54) is 5.56 Å². The van der Waals surface area contributed by atoms with Crippen molar-refractivity contribution in [2.45, 2.75) is 19.4 Å². The van der Waals surface area contributed by atoms with Crippen molar-refractivity contribution in [1.29, 1.82) is 0 Å². The van der Waals surface area contributed by atoms with Crippen LogP contribution in [0.15, 0.2) is 28.9 Å². The molecule has 1 aliphatic heterocycles. The third-order valence-electron chi connectivity index (χ3n) is 4.28. The van der Waals surface area contributed by atoms with E-state index in [0.29, 0.717) is 6.04 Å². The third kappa shape index (κ3) is 1.96. The first-order chi connectivity index (χ1) is 10.3. The Balaban J connectivity index is 1.88. The molecular weight excluding hydrogens is 264 g/mol. The number of aryl methyl sites for hydroxylation is 1. The van der Waals surface area contributed by atoms with Gasteiger partial charge in [0.05, 0.1) is 0 Å². The second-order valence-electron chi connectivity index (χ2n) is 5.70. The zero-order valence-electron chi connectivity index (χ0n) is 12.3. The van der Waals surface area contributed by atoms with E-state index in [-0.39, 0.29) is 0 Å². The maximum absolute atomic E-state index is 6.03. The molecule has 5 heteroatoms. The highest BCUT2D eigenvalue weighted by atomic mass is 16.3. The normalized spacial score (nSPS) is 19.0. The summed E-state index contributed by atoms with van der Waals surface area (Å²) in [6, 6.07) is 6.71. The van der Waals surface area contributed by atoms with Crippen LogP contribution >= 0.6 is 0 Å². The molecule has 0 radical (unpaired) electrons. The van der Waals surface area contributed by atoms with Gasteiger partial charge in [-0.15, -0.1) is 0 Å². The molecular formula is C16H18N4O. The van der Waals surface area contributed by atoms with Crippen LogP contribution in [0.4, 0.5) is 5.82 Å². The predicted molar refractivity (Wildman–Crippen MR) is 83.7 cm³/mol. The first-order valence-electron chi connectivity index (χ1n) is 7.32. The second kappa shape index (κ2) is 4.70. The lowest BCUT2D eigenvalue weighted by Gasteiger charge is -2.16. The number of benzene rings is 1.